The van der Waals surface area contributed by atoms with Gasteiger partial charge in [0.1, 0.15) is 5.82 Å². The molecule has 0 amide bonds. The van der Waals surface area contributed by atoms with Crippen molar-refractivity contribution in [2.24, 2.45) is 5.41 Å². The molecule has 0 aliphatic carbocycles. The van der Waals surface area contributed by atoms with Crippen molar-refractivity contribution in [2.45, 2.75) is 39.2 Å². The quantitative estimate of drug-likeness (QED) is 0.895. The Hall–Kier alpha value is -1.13. The number of hydrogen-bond acceptors (Lipinski definition) is 2. The lowest BCUT2D eigenvalue weighted by Crippen LogP contribution is -2.44. The molecular formula is C16H21ClFNO2. The number of likely N-dealkylation sites (tertiary alicyclic amines) is 1. The van der Waals surface area contributed by atoms with Crippen molar-refractivity contribution >= 4 is 17.6 Å². The first-order valence-electron chi connectivity index (χ1n) is 7.36. The van der Waals surface area contributed by atoms with E-state index in [4.69, 9.17) is 11.6 Å². The molecule has 2 rings (SSSR count). The van der Waals surface area contributed by atoms with Gasteiger partial charge in [-0.1, -0.05) is 24.9 Å². The number of carboxylic acids is 1. The first-order chi connectivity index (χ1) is 9.95. The van der Waals surface area contributed by atoms with Crippen LogP contribution >= 0.6 is 11.6 Å². The van der Waals surface area contributed by atoms with E-state index in [1.165, 1.54) is 12.1 Å². The topological polar surface area (TPSA) is 40.5 Å². The molecule has 1 fully saturated rings. The fraction of sp³-hybridized carbons (Fsp3) is 0.562. The number of hydrogen-bond donors (Lipinski definition) is 1. The number of carbonyl (C=O) groups is 1. The second-order valence-electron chi connectivity index (χ2n) is 5.89. The fourth-order valence-electron chi connectivity index (χ4n) is 3.15. The fourth-order valence-corrected chi connectivity index (χ4v) is 3.39. The summed E-state index contributed by atoms with van der Waals surface area (Å²) < 4.78 is 13.3. The maximum absolute atomic E-state index is 13.3. The van der Waals surface area contributed by atoms with E-state index in [9.17, 15) is 14.3 Å². The summed E-state index contributed by atoms with van der Waals surface area (Å²) in [5.41, 5.74) is 0.253. The van der Waals surface area contributed by atoms with Crippen molar-refractivity contribution < 1.29 is 14.3 Å². The van der Waals surface area contributed by atoms with Crippen LogP contribution in [-0.2, 0) is 11.3 Å². The zero-order valence-electron chi connectivity index (χ0n) is 12.2. The summed E-state index contributed by atoms with van der Waals surface area (Å²) >= 11 is 5.86. The summed E-state index contributed by atoms with van der Waals surface area (Å²) in [6.07, 6.45) is 2.91. The molecule has 0 unspecified atom stereocenters. The average Bonchev–Trinajstić information content (AvgIpc) is 2.40. The highest BCUT2D eigenvalue weighted by molar-refractivity contribution is 6.30. The van der Waals surface area contributed by atoms with Crippen LogP contribution in [0.1, 0.15) is 38.2 Å². The van der Waals surface area contributed by atoms with Crippen LogP contribution in [0.5, 0.6) is 0 Å². The summed E-state index contributed by atoms with van der Waals surface area (Å²) in [6, 6.07) is 4.53. The lowest BCUT2D eigenvalue weighted by molar-refractivity contribution is -0.152. The van der Waals surface area contributed by atoms with Gasteiger partial charge in [-0.25, -0.2) is 4.39 Å². The predicted octanol–water partition coefficient (Wildman–Crippen LogP) is 3.95. The number of piperidine rings is 1. The first kappa shape index (κ1) is 16.2. The van der Waals surface area contributed by atoms with Gasteiger partial charge in [0.2, 0.25) is 0 Å². The Morgan fingerprint density at radius 2 is 2.05 bits per heavy atom. The molecule has 21 heavy (non-hydrogen) atoms. The minimum atomic E-state index is -0.683. The van der Waals surface area contributed by atoms with E-state index in [2.05, 4.69) is 4.90 Å². The minimum absolute atomic E-state index is 0.333. The van der Waals surface area contributed by atoms with Gasteiger partial charge in [0.25, 0.3) is 0 Å². The van der Waals surface area contributed by atoms with Crippen molar-refractivity contribution in [3.8, 4) is 0 Å². The molecule has 1 saturated heterocycles. The molecule has 1 heterocycles. The summed E-state index contributed by atoms with van der Waals surface area (Å²) in [5, 5.41) is 9.88. The zero-order valence-corrected chi connectivity index (χ0v) is 13.0. The Morgan fingerprint density at radius 3 is 2.57 bits per heavy atom. The highest BCUT2D eigenvalue weighted by Gasteiger charge is 2.40. The van der Waals surface area contributed by atoms with Crippen molar-refractivity contribution in [1.82, 2.24) is 4.90 Å². The summed E-state index contributed by atoms with van der Waals surface area (Å²) in [5.74, 6) is -1.02. The van der Waals surface area contributed by atoms with Crippen molar-refractivity contribution in [1.29, 1.82) is 0 Å². The first-order valence-corrected chi connectivity index (χ1v) is 7.74. The SMILES string of the molecule is CCCC1(C(=O)O)CCN(Cc2cc(F)cc(Cl)c2)CC1. The van der Waals surface area contributed by atoms with Crippen LogP contribution in [0.3, 0.4) is 0 Å². The molecule has 1 aromatic rings. The average molecular weight is 314 g/mol. The molecule has 0 spiro atoms. The van der Waals surface area contributed by atoms with Crippen molar-refractivity contribution in [2.75, 3.05) is 13.1 Å². The third-order valence-corrected chi connectivity index (χ3v) is 4.54. The molecule has 0 aromatic heterocycles. The number of benzene rings is 1. The van der Waals surface area contributed by atoms with Gasteiger partial charge in [-0.3, -0.25) is 9.69 Å². The van der Waals surface area contributed by atoms with Gasteiger partial charge < -0.3 is 5.11 Å². The van der Waals surface area contributed by atoms with Crippen LogP contribution in [0.4, 0.5) is 4.39 Å². The third-order valence-electron chi connectivity index (χ3n) is 4.32. The third kappa shape index (κ3) is 3.95. The van der Waals surface area contributed by atoms with Crippen molar-refractivity contribution in [3.63, 3.8) is 0 Å². The lowest BCUT2D eigenvalue weighted by Gasteiger charge is -2.38. The standard InChI is InChI=1S/C16H21ClFNO2/c1-2-3-16(15(20)21)4-6-19(7-5-16)11-12-8-13(17)10-14(18)9-12/h8-10H,2-7,11H2,1H3,(H,20,21). The van der Waals surface area contributed by atoms with Gasteiger partial charge in [-0.2, -0.15) is 0 Å². The maximum Gasteiger partial charge on any atom is 0.309 e. The highest BCUT2D eigenvalue weighted by atomic mass is 35.5. The molecule has 0 bridgehead atoms. The lowest BCUT2D eigenvalue weighted by atomic mass is 9.75. The number of carboxylic acid groups (broad SMARTS) is 1. The molecule has 1 aromatic carbocycles. The molecule has 5 heteroatoms. The number of nitrogens with zero attached hydrogens (tertiary/aromatic N) is 1. The molecule has 0 saturated carbocycles. The van der Waals surface area contributed by atoms with E-state index in [0.717, 1.165) is 31.5 Å². The van der Waals surface area contributed by atoms with Gasteiger partial charge in [0.05, 0.1) is 5.41 Å². The Bertz CT molecular complexity index is 493. The summed E-state index contributed by atoms with van der Waals surface area (Å²) in [7, 11) is 0. The molecule has 1 aliphatic heterocycles. The van der Waals surface area contributed by atoms with E-state index in [1.54, 1.807) is 6.07 Å². The molecular weight excluding hydrogens is 293 g/mol. The largest absolute Gasteiger partial charge is 0.481 e. The van der Waals surface area contributed by atoms with Crippen LogP contribution in [-0.4, -0.2) is 29.1 Å². The highest BCUT2D eigenvalue weighted by Crippen LogP contribution is 2.36. The predicted molar refractivity (Wildman–Crippen MR) is 80.9 cm³/mol. The molecule has 116 valence electrons. The van der Waals surface area contributed by atoms with Gasteiger partial charge in [0.15, 0.2) is 0 Å². The van der Waals surface area contributed by atoms with Crippen LogP contribution in [0.2, 0.25) is 5.02 Å². The van der Waals surface area contributed by atoms with Crippen LogP contribution in [0.25, 0.3) is 0 Å². The molecule has 1 aliphatic rings. The second-order valence-corrected chi connectivity index (χ2v) is 6.33. The van der Waals surface area contributed by atoms with E-state index in [-0.39, 0.29) is 5.82 Å². The number of rotatable bonds is 5. The minimum Gasteiger partial charge on any atom is -0.481 e. The van der Waals surface area contributed by atoms with Crippen LogP contribution < -0.4 is 0 Å². The monoisotopic (exact) mass is 313 g/mol. The Labute approximate surface area is 129 Å². The zero-order chi connectivity index (χ0) is 15.5. The van der Waals surface area contributed by atoms with E-state index in [0.29, 0.717) is 24.4 Å². The molecule has 1 N–H and O–H groups in total. The Kier molecular flexibility index (Phi) is 5.22. The summed E-state index contributed by atoms with van der Waals surface area (Å²) in [4.78, 5) is 13.7. The van der Waals surface area contributed by atoms with Crippen LogP contribution in [0.15, 0.2) is 18.2 Å². The normalized spacial score (nSPS) is 18.6. The van der Waals surface area contributed by atoms with Gasteiger partial charge in [-0.05, 0) is 56.1 Å². The van der Waals surface area contributed by atoms with Crippen molar-refractivity contribution in [3.05, 3.63) is 34.6 Å². The molecule has 0 radical (unpaired) electrons. The Balaban J connectivity index is 1.99. The van der Waals surface area contributed by atoms with Gasteiger partial charge >= 0.3 is 5.97 Å². The molecule has 3 nitrogen and oxygen atoms in total. The number of aliphatic carboxylic acids is 1. The number of halogens is 2. The van der Waals surface area contributed by atoms with Crippen LogP contribution in [0, 0.1) is 11.2 Å². The van der Waals surface area contributed by atoms with E-state index < -0.39 is 11.4 Å². The van der Waals surface area contributed by atoms with Gasteiger partial charge in [0, 0.05) is 11.6 Å². The Morgan fingerprint density at radius 1 is 1.38 bits per heavy atom. The van der Waals surface area contributed by atoms with Gasteiger partial charge in [-0.15, -0.1) is 0 Å². The molecule has 0 atom stereocenters. The maximum atomic E-state index is 13.3. The van der Waals surface area contributed by atoms with E-state index in [1.807, 2.05) is 6.92 Å². The second kappa shape index (κ2) is 6.75. The smallest absolute Gasteiger partial charge is 0.309 e. The van der Waals surface area contributed by atoms with E-state index >= 15 is 0 Å². The summed E-state index contributed by atoms with van der Waals surface area (Å²) in [6.45, 7) is 4.08.